The van der Waals surface area contributed by atoms with Gasteiger partial charge < -0.3 is 10.4 Å². The van der Waals surface area contributed by atoms with Crippen molar-refractivity contribution < 1.29 is 18.7 Å². The average Bonchev–Trinajstić information content (AvgIpc) is 3.34. The Kier molecular flexibility index (Phi) is 7.63. The summed E-state index contributed by atoms with van der Waals surface area (Å²) in [6, 6.07) is 18.6. The Morgan fingerprint density at radius 1 is 1.13 bits per heavy atom. The van der Waals surface area contributed by atoms with Crippen molar-refractivity contribution in [2.24, 2.45) is 5.41 Å². The lowest BCUT2D eigenvalue weighted by Gasteiger charge is -2.42. The summed E-state index contributed by atoms with van der Waals surface area (Å²) in [5.41, 5.74) is 1.50. The number of hydrogen-bond donors (Lipinski definition) is 3. The van der Waals surface area contributed by atoms with Crippen LogP contribution in [-0.4, -0.2) is 44.2 Å². The van der Waals surface area contributed by atoms with Gasteiger partial charge in [0, 0.05) is 42.5 Å². The molecule has 1 saturated heterocycles. The summed E-state index contributed by atoms with van der Waals surface area (Å²) < 4.78 is 29.7. The molecular weight excluding hydrogens is 524 g/mol. The molecule has 1 aliphatic rings. The molecule has 2 aromatic heterocycles. The molecule has 3 N–H and O–H groups in total. The normalized spacial score (nSPS) is 16.1. The standard InChI is InChI=1S/C29H28ClF2N5O2/c1-18-16-24(36-35-18)34-27-23(31)11-10-20(33-27)17-29(28(38)39)12-14-37(15-13-29)26(19-6-3-2-4-7-19)21-8-5-9-22(30)25(21)32/h2-11,16,26H,12-15,17H2,1H3,(H,38,39)(H2,33,34,35,36). The maximum atomic E-state index is 15.2. The number of benzene rings is 2. The molecule has 1 atom stereocenters. The van der Waals surface area contributed by atoms with Crippen molar-refractivity contribution in [2.45, 2.75) is 32.2 Å². The zero-order chi connectivity index (χ0) is 27.6. The van der Waals surface area contributed by atoms with Gasteiger partial charge in [0.05, 0.1) is 16.5 Å². The smallest absolute Gasteiger partial charge is 0.310 e. The summed E-state index contributed by atoms with van der Waals surface area (Å²) in [4.78, 5) is 19.1. The number of rotatable bonds is 8. The van der Waals surface area contributed by atoms with Crippen LogP contribution in [0.5, 0.6) is 0 Å². The van der Waals surface area contributed by atoms with Crippen LogP contribution in [0.3, 0.4) is 0 Å². The highest BCUT2D eigenvalue weighted by Gasteiger charge is 2.44. The van der Waals surface area contributed by atoms with Gasteiger partial charge >= 0.3 is 5.97 Å². The number of carboxylic acids is 1. The number of nitrogens with one attached hydrogen (secondary N) is 2. The van der Waals surface area contributed by atoms with Crippen LogP contribution < -0.4 is 5.32 Å². The molecule has 3 heterocycles. The molecule has 0 radical (unpaired) electrons. The Morgan fingerprint density at radius 2 is 1.87 bits per heavy atom. The van der Waals surface area contributed by atoms with E-state index in [4.69, 9.17) is 11.6 Å². The van der Waals surface area contributed by atoms with Crippen LogP contribution in [-0.2, 0) is 11.2 Å². The SMILES string of the molecule is Cc1cc(Nc2nc(CC3(C(=O)O)CCN(C(c4ccccc4)c4cccc(Cl)c4F)CC3)ccc2F)n[nH]1. The number of aryl methyl sites for hydroxylation is 1. The number of carbonyl (C=O) groups is 1. The number of anilines is 2. The van der Waals surface area contributed by atoms with E-state index in [1.54, 1.807) is 18.2 Å². The molecule has 39 heavy (non-hydrogen) atoms. The lowest BCUT2D eigenvalue weighted by atomic mass is 9.74. The third-order valence-electron chi connectivity index (χ3n) is 7.34. The van der Waals surface area contributed by atoms with Crippen LogP contribution in [0.15, 0.2) is 66.7 Å². The highest BCUT2D eigenvalue weighted by atomic mass is 35.5. The summed E-state index contributed by atoms with van der Waals surface area (Å²) >= 11 is 6.12. The maximum Gasteiger partial charge on any atom is 0.310 e. The molecule has 5 rings (SSSR count). The number of nitrogens with zero attached hydrogens (tertiary/aromatic N) is 3. The monoisotopic (exact) mass is 551 g/mol. The second-order valence-electron chi connectivity index (χ2n) is 9.95. The van der Waals surface area contributed by atoms with Gasteiger partial charge in [-0.05, 0) is 43.5 Å². The predicted molar refractivity (Wildman–Crippen MR) is 145 cm³/mol. The molecule has 0 amide bonds. The maximum absolute atomic E-state index is 15.2. The van der Waals surface area contributed by atoms with Crippen molar-refractivity contribution in [1.29, 1.82) is 0 Å². The Bertz CT molecular complexity index is 1470. The average molecular weight is 552 g/mol. The number of likely N-dealkylation sites (tertiary alicyclic amines) is 1. The van der Waals surface area contributed by atoms with Crippen molar-refractivity contribution in [2.75, 3.05) is 18.4 Å². The van der Waals surface area contributed by atoms with Crippen LogP contribution in [0.4, 0.5) is 20.4 Å². The lowest BCUT2D eigenvalue weighted by Crippen LogP contribution is -2.47. The van der Waals surface area contributed by atoms with Crippen molar-refractivity contribution in [3.63, 3.8) is 0 Å². The van der Waals surface area contributed by atoms with Gasteiger partial charge in [-0.25, -0.2) is 13.8 Å². The van der Waals surface area contributed by atoms with E-state index in [0.717, 1.165) is 11.3 Å². The Labute approximate surface area is 229 Å². The summed E-state index contributed by atoms with van der Waals surface area (Å²) in [7, 11) is 0. The number of piperidine rings is 1. The van der Waals surface area contributed by atoms with Crippen molar-refractivity contribution >= 4 is 29.2 Å². The molecule has 2 aromatic carbocycles. The number of aromatic amines is 1. The van der Waals surface area contributed by atoms with Gasteiger partial charge in [-0.1, -0.05) is 54.1 Å². The number of H-pyrrole nitrogens is 1. The van der Waals surface area contributed by atoms with Crippen LogP contribution in [0.25, 0.3) is 0 Å². The molecule has 7 nitrogen and oxygen atoms in total. The first-order valence-corrected chi connectivity index (χ1v) is 13.0. The number of pyridine rings is 1. The zero-order valence-electron chi connectivity index (χ0n) is 21.3. The minimum atomic E-state index is -1.10. The Morgan fingerprint density at radius 3 is 2.54 bits per heavy atom. The third-order valence-corrected chi connectivity index (χ3v) is 7.63. The fourth-order valence-electron chi connectivity index (χ4n) is 5.25. The summed E-state index contributed by atoms with van der Waals surface area (Å²) in [6.45, 7) is 2.65. The van der Waals surface area contributed by atoms with E-state index < -0.39 is 29.1 Å². The first-order chi connectivity index (χ1) is 18.8. The molecule has 1 aliphatic heterocycles. The highest BCUT2D eigenvalue weighted by molar-refractivity contribution is 6.30. The largest absolute Gasteiger partial charge is 0.481 e. The highest BCUT2D eigenvalue weighted by Crippen LogP contribution is 2.41. The van der Waals surface area contributed by atoms with Gasteiger partial charge in [0.2, 0.25) is 0 Å². The summed E-state index contributed by atoms with van der Waals surface area (Å²) in [5, 5.41) is 20.0. The fraction of sp³-hybridized carbons (Fsp3) is 0.276. The Balaban J connectivity index is 1.39. The number of carboxylic acid groups (broad SMARTS) is 1. The second-order valence-corrected chi connectivity index (χ2v) is 10.4. The second kappa shape index (κ2) is 11.1. The van der Waals surface area contributed by atoms with Crippen molar-refractivity contribution in [3.05, 3.63) is 106 Å². The van der Waals surface area contributed by atoms with Gasteiger partial charge in [-0.15, -0.1) is 0 Å². The van der Waals surface area contributed by atoms with Gasteiger partial charge in [0.25, 0.3) is 0 Å². The number of halogens is 3. The van der Waals surface area contributed by atoms with Crippen LogP contribution in [0, 0.1) is 24.0 Å². The van der Waals surface area contributed by atoms with Crippen molar-refractivity contribution in [1.82, 2.24) is 20.1 Å². The van der Waals surface area contributed by atoms with E-state index in [-0.39, 0.29) is 17.3 Å². The fourth-order valence-corrected chi connectivity index (χ4v) is 5.43. The summed E-state index contributed by atoms with van der Waals surface area (Å²) in [5.74, 6) is -1.58. The van der Waals surface area contributed by atoms with Crippen LogP contribution in [0.2, 0.25) is 5.02 Å². The van der Waals surface area contributed by atoms with E-state index in [0.29, 0.717) is 43.0 Å². The van der Waals surface area contributed by atoms with E-state index in [1.807, 2.05) is 37.3 Å². The van der Waals surface area contributed by atoms with Gasteiger partial charge in [0.1, 0.15) is 5.82 Å². The first kappa shape index (κ1) is 26.8. The number of aromatic nitrogens is 3. The van der Waals surface area contributed by atoms with E-state index in [2.05, 4.69) is 25.4 Å². The van der Waals surface area contributed by atoms with Crippen LogP contribution in [0.1, 0.15) is 41.4 Å². The van der Waals surface area contributed by atoms with E-state index >= 15 is 4.39 Å². The molecule has 1 fully saturated rings. The van der Waals surface area contributed by atoms with E-state index in [9.17, 15) is 14.3 Å². The lowest BCUT2D eigenvalue weighted by molar-refractivity contribution is -0.152. The quantitative estimate of drug-likeness (QED) is 0.238. The molecular formula is C29H28ClF2N5O2. The van der Waals surface area contributed by atoms with Gasteiger partial charge in [0.15, 0.2) is 17.5 Å². The topological polar surface area (TPSA) is 94.1 Å². The van der Waals surface area contributed by atoms with E-state index in [1.165, 1.54) is 18.2 Å². The Hall–Kier alpha value is -3.82. The molecule has 202 valence electrons. The van der Waals surface area contributed by atoms with Gasteiger partial charge in [-0.2, -0.15) is 5.10 Å². The minimum absolute atomic E-state index is 0.0162. The van der Waals surface area contributed by atoms with Crippen molar-refractivity contribution in [3.8, 4) is 0 Å². The molecule has 0 spiro atoms. The first-order valence-electron chi connectivity index (χ1n) is 12.7. The van der Waals surface area contributed by atoms with Crippen LogP contribution >= 0.6 is 11.6 Å². The number of hydrogen-bond acceptors (Lipinski definition) is 5. The minimum Gasteiger partial charge on any atom is -0.481 e. The molecule has 1 unspecified atom stereocenters. The molecule has 0 bridgehead atoms. The number of aliphatic carboxylic acids is 1. The zero-order valence-corrected chi connectivity index (χ0v) is 22.1. The molecule has 0 aliphatic carbocycles. The molecule has 4 aromatic rings. The molecule has 10 heteroatoms. The molecule has 0 saturated carbocycles. The third kappa shape index (κ3) is 5.65. The van der Waals surface area contributed by atoms with Gasteiger partial charge in [-0.3, -0.25) is 14.8 Å². The predicted octanol–water partition coefficient (Wildman–Crippen LogP) is 6.29. The summed E-state index contributed by atoms with van der Waals surface area (Å²) in [6.07, 6.45) is 0.759.